The Morgan fingerprint density at radius 3 is 2.62 bits per heavy atom. The molecule has 2 N–H and O–H groups in total. The molecule has 4 rings (SSSR count). The lowest BCUT2D eigenvalue weighted by Crippen LogP contribution is -2.35. The number of nitrogens with zero attached hydrogens (tertiary/aromatic N) is 6. The van der Waals surface area contributed by atoms with Crippen molar-refractivity contribution in [1.29, 1.82) is 0 Å². The second kappa shape index (κ2) is 9.05. The van der Waals surface area contributed by atoms with Gasteiger partial charge in [-0.2, -0.15) is 15.0 Å². The molecule has 2 heterocycles. The minimum atomic E-state index is -0.158. The molecule has 170 valence electrons. The molecule has 1 aliphatic rings. The highest BCUT2D eigenvalue weighted by Gasteiger charge is 2.32. The molecule has 0 amide bonds. The average Bonchev–Trinajstić information content (AvgIpc) is 2.76. The normalized spacial score (nSPS) is 22.1. The fraction of sp³-hybridized carbons (Fsp3) is 0.522. The zero-order valence-corrected chi connectivity index (χ0v) is 20.1. The van der Waals surface area contributed by atoms with Crippen LogP contribution < -0.4 is 16.2 Å². The van der Waals surface area contributed by atoms with Crippen LogP contribution in [0.15, 0.2) is 34.2 Å². The van der Waals surface area contributed by atoms with Gasteiger partial charge in [0.1, 0.15) is 5.82 Å². The van der Waals surface area contributed by atoms with E-state index in [0.717, 1.165) is 12.8 Å². The van der Waals surface area contributed by atoms with Crippen molar-refractivity contribution in [2.45, 2.75) is 56.5 Å². The summed E-state index contributed by atoms with van der Waals surface area (Å²) in [6.45, 7) is 6.55. The topological polar surface area (TPSA) is 103 Å². The van der Waals surface area contributed by atoms with Crippen LogP contribution >= 0.6 is 11.8 Å². The quantitative estimate of drug-likeness (QED) is 0.455. The highest BCUT2D eigenvalue weighted by molar-refractivity contribution is 7.99. The highest BCUT2D eigenvalue weighted by Crippen LogP contribution is 2.41. The molecule has 2 aromatic heterocycles. The molecule has 1 saturated carbocycles. The minimum absolute atomic E-state index is 0.0281. The Morgan fingerprint density at radius 2 is 1.88 bits per heavy atom. The average molecular weight is 454 g/mol. The number of nitrogen functional groups attached to an aromatic ring is 1. The predicted octanol–water partition coefficient (Wildman–Crippen LogP) is 4.08. The maximum absolute atomic E-state index is 13.7. The van der Waals surface area contributed by atoms with Gasteiger partial charge in [-0.1, -0.05) is 50.6 Å². The molecular formula is C23H31N7OS. The second-order valence-corrected chi connectivity index (χ2v) is 10.2. The summed E-state index contributed by atoms with van der Waals surface area (Å²) >= 11 is 1.50. The van der Waals surface area contributed by atoms with E-state index in [1.807, 2.05) is 49.9 Å². The van der Waals surface area contributed by atoms with Gasteiger partial charge in [0.25, 0.3) is 5.56 Å². The van der Waals surface area contributed by atoms with Gasteiger partial charge >= 0.3 is 0 Å². The van der Waals surface area contributed by atoms with Crippen LogP contribution in [-0.2, 0) is 0 Å². The standard InChI is InChI=1S/C23H31N7OS/c1-13-9-8-12-18(14(13)2)30-20(31)16-10-6-7-11-17(16)25-23(30)32-15(3)19-26-21(24)28-22(27-19)29(4)5/h6-7,10-11,13-15,18H,8-9,12H2,1-5H3,(H2,24,26,27,28)/t13-,14-,15-,18+/m0/s1. The molecular weight excluding hydrogens is 422 g/mol. The van der Waals surface area contributed by atoms with Crippen LogP contribution in [0.25, 0.3) is 10.9 Å². The molecule has 0 unspecified atom stereocenters. The molecule has 1 aliphatic carbocycles. The van der Waals surface area contributed by atoms with Gasteiger partial charge in [-0.05, 0) is 37.3 Å². The van der Waals surface area contributed by atoms with E-state index in [4.69, 9.17) is 10.7 Å². The molecule has 3 aromatic rings. The zero-order chi connectivity index (χ0) is 23.0. The van der Waals surface area contributed by atoms with Crippen molar-refractivity contribution in [3.05, 3.63) is 40.4 Å². The summed E-state index contributed by atoms with van der Waals surface area (Å²) in [6.07, 6.45) is 3.30. The first-order chi connectivity index (χ1) is 15.3. The number of hydrogen-bond donors (Lipinski definition) is 1. The Bertz CT molecular complexity index is 1180. The Hall–Kier alpha value is -2.68. The van der Waals surface area contributed by atoms with Crippen LogP contribution in [0, 0.1) is 11.8 Å². The third-order valence-corrected chi connectivity index (χ3v) is 7.54. The summed E-state index contributed by atoms with van der Waals surface area (Å²) in [6, 6.07) is 7.70. The maximum atomic E-state index is 13.7. The van der Waals surface area contributed by atoms with Crippen LogP contribution in [0.2, 0.25) is 0 Å². The Labute approximate surface area is 192 Å². The van der Waals surface area contributed by atoms with Crippen molar-refractivity contribution in [3.8, 4) is 0 Å². The van der Waals surface area contributed by atoms with Crippen LogP contribution in [0.5, 0.6) is 0 Å². The lowest BCUT2D eigenvalue weighted by Gasteiger charge is -2.36. The van der Waals surface area contributed by atoms with E-state index in [9.17, 15) is 4.79 Å². The largest absolute Gasteiger partial charge is 0.368 e. The Morgan fingerprint density at radius 1 is 1.12 bits per heavy atom. The van der Waals surface area contributed by atoms with E-state index in [-0.39, 0.29) is 22.8 Å². The third-order valence-electron chi connectivity index (χ3n) is 6.47. The number of fused-ring (bicyclic) bond motifs is 1. The maximum Gasteiger partial charge on any atom is 0.262 e. The zero-order valence-electron chi connectivity index (χ0n) is 19.3. The Kier molecular flexibility index (Phi) is 6.37. The van der Waals surface area contributed by atoms with Gasteiger partial charge in [-0.3, -0.25) is 9.36 Å². The van der Waals surface area contributed by atoms with Crippen molar-refractivity contribution in [1.82, 2.24) is 24.5 Å². The second-order valence-electron chi connectivity index (χ2n) is 8.93. The summed E-state index contributed by atoms with van der Waals surface area (Å²) < 4.78 is 1.93. The van der Waals surface area contributed by atoms with Crippen molar-refractivity contribution < 1.29 is 0 Å². The van der Waals surface area contributed by atoms with Gasteiger partial charge in [0.15, 0.2) is 5.16 Å². The summed E-state index contributed by atoms with van der Waals surface area (Å²) in [5, 5.41) is 1.21. The molecule has 0 aliphatic heterocycles. The van der Waals surface area contributed by atoms with E-state index >= 15 is 0 Å². The number of thioether (sulfide) groups is 1. The van der Waals surface area contributed by atoms with E-state index in [1.165, 1.54) is 18.2 Å². The van der Waals surface area contributed by atoms with Gasteiger partial charge in [-0.25, -0.2) is 4.98 Å². The van der Waals surface area contributed by atoms with Crippen LogP contribution in [0.1, 0.15) is 57.1 Å². The van der Waals surface area contributed by atoms with E-state index < -0.39 is 0 Å². The van der Waals surface area contributed by atoms with Crippen molar-refractivity contribution in [3.63, 3.8) is 0 Å². The molecule has 0 saturated heterocycles. The minimum Gasteiger partial charge on any atom is -0.368 e. The number of nitrogens with two attached hydrogens (primary N) is 1. The SMILES string of the molecule is C[C@@H]1[C@H](n2c(S[C@@H](C)c3nc(N)nc(N(C)C)n3)nc3ccccc3c2=O)CCC[C@@H]1C. The van der Waals surface area contributed by atoms with Crippen molar-refractivity contribution in [2.75, 3.05) is 24.7 Å². The fourth-order valence-electron chi connectivity index (χ4n) is 4.41. The van der Waals surface area contributed by atoms with Gasteiger partial charge in [-0.15, -0.1) is 0 Å². The van der Waals surface area contributed by atoms with Gasteiger partial charge < -0.3 is 10.6 Å². The first kappa shape index (κ1) is 22.5. The van der Waals surface area contributed by atoms with Gasteiger partial charge in [0.05, 0.1) is 16.2 Å². The smallest absolute Gasteiger partial charge is 0.262 e. The van der Waals surface area contributed by atoms with E-state index in [1.54, 1.807) is 4.90 Å². The highest BCUT2D eigenvalue weighted by atomic mass is 32.2. The van der Waals surface area contributed by atoms with Gasteiger partial charge in [0.2, 0.25) is 11.9 Å². The number of para-hydroxylation sites is 1. The fourth-order valence-corrected chi connectivity index (χ4v) is 5.42. The van der Waals surface area contributed by atoms with Gasteiger partial charge in [0, 0.05) is 20.1 Å². The number of hydrogen-bond acceptors (Lipinski definition) is 8. The predicted molar refractivity (Wildman–Crippen MR) is 130 cm³/mol. The van der Waals surface area contributed by atoms with E-state index in [2.05, 4.69) is 28.8 Å². The van der Waals surface area contributed by atoms with Crippen molar-refractivity contribution in [2.24, 2.45) is 11.8 Å². The third kappa shape index (κ3) is 4.30. The summed E-state index contributed by atoms with van der Waals surface area (Å²) in [7, 11) is 3.73. The number of rotatable bonds is 5. The summed E-state index contributed by atoms with van der Waals surface area (Å²) in [5.41, 5.74) is 6.68. The van der Waals surface area contributed by atoms with E-state index in [0.29, 0.717) is 39.7 Å². The summed E-state index contributed by atoms with van der Waals surface area (Å²) in [5.74, 6) is 2.23. The molecule has 9 heteroatoms. The first-order valence-corrected chi connectivity index (χ1v) is 12.0. The monoisotopic (exact) mass is 453 g/mol. The van der Waals surface area contributed by atoms with Crippen LogP contribution in [0.3, 0.4) is 0 Å². The molecule has 8 nitrogen and oxygen atoms in total. The molecule has 4 atom stereocenters. The number of aromatic nitrogens is 5. The molecule has 0 bridgehead atoms. The summed E-state index contributed by atoms with van der Waals surface area (Å²) in [4.78, 5) is 33.5. The molecule has 0 radical (unpaired) electrons. The molecule has 1 fully saturated rings. The lowest BCUT2D eigenvalue weighted by atomic mass is 9.78. The van der Waals surface area contributed by atoms with Crippen molar-refractivity contribution >= 4 is 34.6 Å². The lowest BCUT2D eigenvalue weighted by molar-refractivity contribution is 0.173. The van der Waals surface area contributed by atoms with Crippen LogP contribution in [0.4, 0.5) is 11.9 Å². The number of anilines is 2. The Balaban J connectivity index is 1.80. The molecule has 0 spiro atoms. The molecule has 1 aromatic carbocycles. The van der Waals surface area contributed by atoms with Crippen LogP contribution in [-0.4, -0.2) is 38.6 Å². The molecule has 32 heavy (non-hydrogen) atoms. The first-order valence-electron chi connectivity index (χ1n) is 11.1. The number of benzene rings is 1.